The second-order valence-corrected chi connectivity index (χ2v) is 8.59. The van der Waals surface area contributed by atoms with Crippen LogP contribution in [0, 0.1) is 0 Å². The zero-order valence-electron chi connectivity index (χ0n) is 20.0. The number of dihydropyridines is 1. The number of carbonyl (C=O) groups excluding carboxylic acids is 2. The number of esters is 1. The maximum atomic E-state index is 13.1. The summed E-state index contributed by atoms with van der Waals surface area (Å²) < 4.78 is 17.2. The van der Waals surface area contributed by atoms with Gasteiger partial charge in [-0.25, -0.2) is 4.79 Å². The van der Waals surface area contributed by atoms with Gasteiger partial charge in [0.2, 0.25) is 0 Å². The molecular weight excluding hydrogens is 430 g/mol. The minimum absolute atomic E-state index is 0.0652. The van der Waals surface area contributed by atoms with Crippen LogP contribution in [0.2, 0.25) is 0 Å². The third-order valence-corrected chi connectivity index (χ3v) is 6.19. The van der Waals surface area contributed by atoms with Crippen molar-refractivity contribution in [1.82, 2.24) is 5.32 Å². The molecule has 0 spiro atoms. The summed E-state index contributed by atoms with van der Waals surface area (Å²) >= 11 is 0. The highest BCUT2D eigenvalue weighted by Crippen LogP contribution is 2.44. The van der Waals surface area contributed by atoms with E-state index in [1.807, 2.05) is 62.4 Å². The molecule has 34 heavy (non-hydrogen) atoms. The Morgan fingerprint density at radius 3 is 2.62 bits per heavy atom. The summed E-state index contributed by atoms with van der Waals surface area (Å²) in [6.07, 6.45) is 2.78. The number of carbonyl (C=O) groups is 2. The number of nitrogens with one attached hydrogen (secondary N) is 1. The molecule has 0 bridgehead atoms. The lowest BCUT2D eigenvalue weighted by Gasteiger charge is -2.34. The van der Waals surface area contributed by atoms with Crippen LogP contribution >= 0.6 is 0 Å². The molecule has 0 saturated heterocycles. The van der Waals surface area contributed by atoms with Gasteiger partial charge in [0.15, 0.2) is 17.3 Å². The van der Waals surface area contributed by atoms with Crippen LogP contribution in [-0.2, 0) is 20.9 Å². The number of rotatable bonds is 8. The van der Waals surface area contributed by atoms with Crippen molar-refractivity contribution in [3.63, 3.8) is 0 Å². The van der Waals surface area contributed by atoms with E-state index in [-0.39, 0.29) is 5.78 Å². The molecule has 2 aromatic carbocycles. The van der Waals surface area contributed by atoms with Gasteiger partial charge in [0.25, 0.3) is 0 Å². The number of hydrogen-bond donors (Lipinski definition) is 1. The Morgan fingerprint density at radius 1 is 1.09 bits per heavy atom. The molecule has 1 aliphatic carbocycles. The first kappa shape index (κ1) is 23.6. The average molecular weight is 462 g/mol. The summed E-state index contributed by atoms with van der Waals surface area (Å²) in [7, 11) is 1.59. The lowest BCUT2D eigenvalue weighted by atomic mass is 9.75. The van der Waals surface area contributed by atoms with E-state index in [2.05, 4.69) is 5.32 Å². The number of ketones is 1. The van der Waals surface area contributed by atoms with Crippen molar-refractivity contribution in [2.24, 2.45) is 0 Å². The molecule has 0 radical (unpaired) electrons. The Labute approximate surface area is 200 Å². The Kier molecular flexibility index (Phi) is 7.36. The first-order valence-corrected chi connectivity index (χ1v) is 11.8. The SMILES string of the molecule is CCCOC(=O)C1=C(C)NC2=C(C(=O)CCC2)[C@@H]1c1ccc(OCc2ccccc2)c(OC)c1. The standard InChI is InChI=1S/C28H31NO5/c1-4-15-33-28(31)25-18(2)29-21-11-8-12-22(30)27(21)26(25)20-13-14-23(24(16-20)32-3)34-17-19-9-6-5-7-10-19/h5-7,9-10,13-14,16,26,29H,4,8,11-12,15,17H2,1-3H3/t26-/m1/s1. The van der Waals surface area contributed by atoms with Gasteiger partial charge < -0.3 is 19.5 Å². The van der Waals surface area contributed by atoms with Crippen molar-refractivity contribution >= 4 is 11.8 Å². The molecular formula is C28H31NO5. The molecule has 0 amide bonds. The fourth-order valence-electron chi connectivity index (χ4n) is 4.58. The third kappa shape index (κ3) is 4.86. The third-order valence-electron chi connectivity index (χ3n) is 6.19. The fraction of sp³-hybridized carbons (Fsp3) is 0.357. The second-order valence-electron chi connectivity index (χ2n) is 8.59. The van der Waals surface area contributed by atoms with Gasteiger partial charge in [0.05, 0.1) is 19.3 Å². The molecule has 1 atom stereocenters. The number of Topliss-reactive ketones (excluding diaryl/α,β-unsaturated/α-hetero) is 1. The van der Waals surface area contributed by atoms with Gasteiger partial charge in [0.1, 0.15) is 6.61 Å². The number of benzene rings is 2. The van der Waals surface area contributed by atoms with Gasteiger partial charge in [-0.15, -0.1) is 0 Å². The molecule has 6 nitrogen and oxygen atoms in total. The summed E-state index contributed by atoms with van der Waals surface area (Å²) in [4.78, 5) is 26.2. The van der Waals surface area contributed by atoms with Crippen molar-refractivity contribution in [2.75, 3.05) is 13.7 Å². The van der Waals surface area contributed by atoms with Gasteiger partial charge in [0, 0.05) is 29.3 Å². The zero-order chi connectivity index (χ0) is 24.1. The molecule has 0 aromatic heterocycles. The van der Waals surface area contributed by atoms with Gasteiger partial charge in [-0.2, -0.15) is 0 Å². The molecule has 178 valence electrons. The number of hydrogen-bond acceptors (Lipinski definition) is 6. The molecule has 0 fully saturated rings. The molecule has 0 unspecified atom stereocenters. The van der Waals surface area contributed by atoms with Gasteiger partial charge in [-0.05, 0) is 49.4 Å². The lowest BCUT2D eigenvalue weighted by molar-refractivity contribution is -0.139. The number of methoxy groups -OCH3 is 1. The minimum Gasteiger partial charge on any atom is -0.493 e. The predicted molar refractivity (Wildman–Crippen MR) is 129 cm³/mol. The van der Waals surface area contributed by atoms with Crippen LogP contribution in [0.4, 0.5) is 0 Å². The Bertz CT molecular complexity index is 1130. The maximum Gasteiger partial charge on any atom is 0.336 e. The van der Waals surface area contributed by atoms with Crippen molar-refractivity contribution in [1.29, 1.82) is 0 Å². The molecule has 2 aromatic rings. The van der Waals surface area contributed by atoms with Crippen molar-refractivity contribution in [2.45, 2.75) is 52.1 Å². The van der Waals surface area contributed by atoms with Crippen LogP contribution in [0.25, 0.3) is 0 Å². The van der Waals surface area contributed by atoms with Crippen LogP contribution in [0.3, 0.4) is 0 Å². The highest BCUT2D eigenvalue weighted by Gasteiger charge is 2.39. The van der Waals surface area contributed by atoms with Crippen LogP contribution in [-0.4, -0.2) is 25.5 Å². The van der Waals surface area contributed by atoms with Gasteiger partial charge in [-0.3, -0.25) is 4.79 Å². The summed E-state index contributed by atoms with van der Waals surface area (Å²) in [5.41, 5.74) is 4.60. The molecule has 1 aliphatic heterocycles. The molecule has 6 heteroatoms. The van der Waals surface area contributed by atoms with E-state index in [0.717, 1.165) is 41.8 Å². The van der Waals surface area contributed by atoms with Crippen molar-refractivity contribution < 1.29 is 23.8 Å². The summed E-state index contributed by atoms with van der Waals surface area (Å²) in [6.45, 7) is 4.56. The number of allylic oxidation sites excluding steroid dienone is 3. The quantitative estimate of drug-likeness (QED) is 0.545. The molecule has 0 saturated carbocycles. The van der Waals surface area contributed by atoms with E-state index in [9.17, 15) is 9.59 Å². The van der Waals surface area contributed by atoms with Crippen LogP contribution < -0.4 is 14.8 Å². The molecule has 1 N–H and O–H groups in total. The lowest BCUT2D eigenvalue weighted by Crippen LogP contribution is -2.34. The van der Waals surface area contributed by atoms with E-state index in [4.69, 9.17) is 14.2 Å². The highest BCUT2D eigenvalue weighted by molar-refractivity contribution is 6.03. The van der Waals surface area contributed by atoms with E-state index < -0.39 is 11.9 Å². The highest BCUT2D eigenvalue weighted by atomic mass is 16.5. The van der Waals surface area contributed by atoms with E-state index in [0.29, 0.717) is 42.3 Å². The van der Waals surface area contributed by atoms with Crippen LogP contribution in [0.15, 0.2) is 71.1 Å². The molecule has 1 heterocycles. The van der Waals surface area contributed by atoms with E-state index >= 15 is 0 Å². The van der Waals surface area contributed by atoms with Crippen molar-refractivity contribution in [3.8, 4) is 11.5 Å². The summed E-state index contributed by atoms with van der Waals surface area (Å²) in [6, 6.07) is 15.5. The first-order valence-electron chi connectivity index (χ1n) is 11.8. The number of ether oxygens (including phenoxy) is 3. The Balaban J connectivity index is 1.71. The first-order chi connectivity index (χ1) is 16.5. The second kappa shape index (κ2) is 10.6. The normalized spacial score (nSPS) is 17.7. The van der Waals surface area contributed by atoms with E-state index in [1.165, 1.54) is 0 Å². The topological polar surface area (TPSA) is 73.9 Å². The zero-order valence-corrected chi connectivity index (χ0v) is 20.0. The van der Waals surface area contributed by atoms with Crippen LogP contribution in [0.5, 0.6) is 11.5 Å². The molecule has 4 rings (SSSR count). The summed E-state index contributed by atoms with van der Waals surface area (Å²) in [5.74, 6) is 0.311. The summed E-state index contributed by atoms with van der Waals surface area (Å²) in [5, 5.41) is 3.32. The van der Waals surface area contributed by atoms with Crippen molar-refractivity contribution in [3.05, 3.63) is 82.2 Å². The smallest absolute Gasteiger partial charge is 0.336 e. The molecule has 2 aliphatic rings. The average Bonchev–Trinajstić information content (AvgIpc) is 2.86. The minimum atomic E-state index is -0.509. The van der Waals surface area contributed by atoms with E-state index in [1.54, 1.807) is 7.11 Å². The van der Waals surface area contributed by atoms with Crippen LogP contribution in [0.1, 0.15) is 56.6 Å². The van der Waals surface area contributed by atoms with Gasteiger partial charge >= 0.3 is 5.97 Å². The van der Waals surface area contributed by atoms with Gasteiger partial charge in [-0.1, -0.05) is 43.3 Å². The largest absolute Gasteiger partial charge is 0.493 e. The monoisotopic (exact) mass is 461 g/mol. The maximum absolute atomic E-state index is 13.1. The fourth-order valence-corrected chi connectivity index (χ4v) is 4.58. The Hall–Kier alpha value is -3.54. The Morgan fingerprint density at radius 2 is 1.88 bits per heavy atom. The predicted octanol–water partition coefficient (Wildman–Crippen LogP) is 5.20.